The number of hydrogen-bond donors (Lipinski definition) is 1. The van der Waals surface area contributed by atoms with Gasteiger partial charge in [0.2, 0.25) is 0 Å². The minimum absolute atomic E-state index is 0.211. The first-order valence-corrected chi connectivity index (χ1v) is 8.40. The number of likely N-dealkylation sites (N-methyl/N-ethyl adjacent to an activating group) is 1. The zero-order valence-electron chi connectivity index (χ0n) is 11.6. The summed E-state index contributed by atoms with van der Waals surface area (Å²) in [6.45, 7) is 3.55. The molecule has 2 nitrogen and oxygen atoms in total. The van der Waals surface area contributed by atoms with Crippen LogP contribution in [0, 0.1) is 6.92 Å². The minimum atomic E-state index is 0.211. The molecular formula is C15H18BrClN2S. The van der Waals surface area contributed by atoms with E-state index in [-0.39, 0.29) is 6.04 Å². The lowest BCUT2D eigenvalue weighted by Crippen LogP contribution is -2.30. The summed E-state index contributed by atoms with van der Waals surface area (Å²) in [6.07, 6.45) is 0. The monoisotopic (exact) mass is 372 g/mol. The number of nitrogens with zero attached hydrogens (tertiary/aromatic N) is 1. The molecule has 2 N–H and O–H groups in total. The normalized spacial score (nSPS) is 12.9. The van der Waals surface area contributed by atoms with Gasteiger partial charge in [-0.05, 0) is 43.3 Å². The summed E-state index contributed by atoms with van der Waals surface area (Å²) in [7, 11) is 2.10. The Morgan fingerprint density at radius 3 is 2.65 bits per heavy atom. The maximum absolute atomic E-state index is 5.98. The van der Waals surface area contributed by atoms with Gasteiger partial charge in [-0.2, -0.15) is 0 Å². The molecule has 0 spiro atoms. The molecule has 5 heteroatoms. The van der Waals surface area contributed by atoms with E-state index in [4.69, 9.17) is 17.3 Å². The van der Waals surface area contributed by atoms with Crippen molar-refractivity contribution in [3.05, 3.63) is 55.1 Å². The molecular weight excluding hydrogens is 356 g/mol. The van der Waals surface area contributed by atoms with Crippen LogP contribution in [0.2, 0.25) is 4.34 Å². The highest BCUT2D eigenvalue weighted by Crippen LogP contribution is 2.27. The van der Waals surface area contributed by atoms with Crippen molar-refractivity contribution >= 4 is 38.9 Å². The lowest BCUT2D eigenvalue weighted by atomic mass is 10.0. The highest BCUT2D eigenvalue weighted by Gasteiger charge is 2.17. The van der Waals surface area contributed by atoms with Crippen molar-refractivity contribution in [3.63, 3.8) is 0 Å². The number of benzene rings is 1. The van der Waals surface area contributed by atoms with Crippen LogP contribution in [0.5, 0.6) is 0 Å². The third-order valence-corrected chi connectivity index (χ3v) is 5.46. The molecule has 0 aliphatic heterocycles. The van der Waals surface area contributed by atoms with Crippen LogP contribution >= 0.6 is 38.9 Å². The van der Waals surface area contributed by atoms with E-state index in [9.17, 15) is 0 Å². The van der Waals surface area contributed by atoms with Crippen molar-refractivity contribution in [2.24, 2.45) is 5.73 Å². The third-order valence-electron chi connectivity index (χ3n) is 3.36. The van der Waals surface area contributed by atoms with E-state index in [1.54, 1.807) is 11.3 Å². The fourth-order valence-corrected chi connectivity index (χ4v) is 3.64. The molecule has 2 rings (SSSR count). The van der Waals surface area contributed by atoms with Crippen LogP contribution in [-0.4, -0.2) is 18.5 Å². The molecule has 0 aliphatic carbocycles. The first kappa shape index (κ1) is 16.0. The van der Waals surface area contributed by atoms with Crippen LogP contribution in [0.25, 0.3) is 0 Å². The first-order chi connectivity index (χ1) is 9.51. The molecule has 0 bridgehead atoms. The van der Waals surface area contributed by atoms with Crippen molar-refractivity contribution in [1.29, 1.82) is 0 Å². The third kappa shape index (κ3) is 3.83. The lowest BCUT2D eigenvalue weighted by Gasteiger charge is -2.27. The summed E-state index contributed by atoms with van der Waals surface area (Å²) in [5.41, 5.74) is 8.46. The minimum Gasteiger partial charge on any atom is -0.329 e. The predicted molar refractivity (Wildman–Crippen MR) is 91.5 cm³/mol. The largest absolute Gasteiger partial charge is 0.329 e. The number of hydrogen-bond acceptors (Lipinski definition) is 3. The summed E-state index contributed by atoms with van der Waals surface area (Å²) in [4.78, 5) is 3.52. The molecule has 1 unspecified atom stereocenters. The van der Waals surface area contributed by atoms with Gasteiger partial charge >= 0.3 is 0 Å². The summed E-state index contributed by atoms with van der Waals surface area (Å²) in [5, 5.41) is 0. The molecule has 0 saturated heterocycles. The Kier molecular flexibility index (Phi) is 5.64. The molecule has 1 aromatic carbocycles. The van der Waals surface area contributed by atoms with E-state index in [2.05, 4.69) is 59.1 Å². The Labute approximate surface area is 137 Å². The van der Waals surface area contributed by atoms with E-state index >= 15 is 0 Å². The van der Waals surface area contributed by atoms with Gasteiger partial charge < -0.3 is 5.73 Å². The predicted octanol–water partition coefficient (Wildman–Crippen LogP) is 4.60. The summed E-state index contributed by atoms with van der Waals surface area (Å²) >= 11 is 11.1. The molecule has 20 heavy (non-hydrogen) atoms. The average Bonchev–Trinajstić information content (AvgIpc) is 2.80. The average molecular weight is 374 g/mol. The van der Waals surface area contributed by atoms with Crippen LogP contribution in [0.3, 0.4) is 0 Å². The highest BCUT2D eigenvalue weighted by atomic mass is 79.9. The van der Waals surface area contributed by atoms with Crippen molar-refractivity contribution in [2.75, 3.05) is 13.6 Å². The van der Waals surface area contributed by atoms with Crippen LogP contribution in [0.4, 0.5) is 0 Å². The Balaban J connectivity index is 2.16. The van der Waals surface area contributed by atoms with Crippen LogP contribution in [0.1, 0.15) is 22.0 Å². The number of aryl methyl sites for hydroxylation is 1. The van der Waals surface area contributed by atoms with Gasteiger partial charge in [-0.15, -0.1) is 11.3 Å². The van der Waals surface area contributed by atoms with Crippen molar-refractivity contribution in [3.8, 4) is 0 Å². The molecule has 0 saturated carbocycles. The molecule has 0 aliphatic rings. The zero-order chi connectivity index (χ0) is 14.7. The summed E-state index contributed by atoms with van der Waals surface area (Å²) in [5.74, 6) is 0. The number of halogens is 2. The van der Waals surface area contributed by atoms with Gasteiger partial charge in [-0.3, -0.25) is 4.90 Å². The summed E-state index contributed by atoms with van der Waals surface area (Å²) < 4.78 is 1.96. The topological polar surface area (TPSA) is 29.3 Å². The second kappa shape index (κ2) is 7.05. The number of nitrogens with two attached hydrogens (primary N) is 1. The molecule has 2 aromatic rings. The maximum Gasteiger partial charge on any atom is 0.0931 e. The molecule has 0 amide bonds. The van der Waals surface area contributed by atoms with Gasteiger partial charge in [0.1, 0.15) is 0 Å². The number of rotatable bonds is 5. The number of thiophene rings is 1. The van der Waals surface area contributed by atoms with Crippen LogP contribution in [0.15, 0.2) is 34.8 Å². The van der Waals surface area contributed by atoms with Crippen molar-refractivity contribution in [2.45, 2.75) is 19.5 Å². The molecule has 1 heterocycles. The van der Waals surface area contributed by atoms with Gasteiger partial charge in [0.15, 0.2) is 0 Å². The molecule has 0 radical (unpaired) electrons. The molecule has 0 fully saturated rings. The van der Waals surface area contributed by atoms with Gasteiger partial charge in [0.05, 0.1) is 4.34 Å². The van der Waals surface area contributed by atoms with E-state index in [0.29, 0.717) is 6.54 Å². The maximum atomic E-state index is 5.98. The lowest BCUT2D eigenvalue weighted by molar-refractivity contribution is 0.244. The Hall–Kier alpha value is -0.390. The molecule has 1 aromatic heterocycles. The molecule has 108 valence electrons. The second-order valence-electron chi connectivity index (χ2n) is 4.88. The van der Waals surface area contributed by atoms with E-state index < -0.39 is 0 Å². The smallest absolute Gasteiger partial charge is 0.0931 e. The van der Waals surface area contributed by atoms with Gasteiger partial charge in [0, 0.05) is 28.5 Å². The first-order valence-electron chi connectivity index (χ1n) is 6.42. The fraction of sp³-hybridized carbons (Fsp3) is 0.333. The van der Waals surface area contributed by atoms with Crippen molar-refractivity contribution in [1.82, 2.24) is 4.90 Å². The van der Waals surface area contributed by atoms with Crippen LogP contribution in [-0.2, 0) is 6.54 Å². The standard InChI is InChI=1S/C15H18BrClN2S/c1-10-7-11(3-5-13(10)16)14(8-18)19(2)9-12-4-6-15(17)20-12/h3-7,14H,8-9,18H2,1-2H3. The zero-order valence-corrected chi connectivity index (χ0v) is 14.7. The van der Waals surface area contributed by atoms with E-state index in [1.165, 1.54) is 16.0 Å². The van der Waals surface area contributed by atoms with Gasteiger partial charge in [-0.25, -0.2) is 0 Å². The highest BCUT2D eigenvalue weighted by molar-refractivity contribution is 9.10. The van der Waals surface area contributed by atoms with Crippen molar-refractivity contribution < 1.29 is 0 Å². The van der Waals surface area contributed by atoms with Gasteiger partial charge in [0.25, 0.3) is 0 Å². The quantitative estimate of drug-likeness (QED) is 0.829. The molecule has 1 atom stereocenters. The van der Waals surface area contributed by atoms with E-state index in [1.807, 2.05) is 6.07 Å². The SMILES string of the molecule is Cc1cc(C(CN)N(C)Cc2ccc(Cl)s2)ccc1Br. The Morgan fingerprint density at radius 1 is 1.35 bits per heavy atom. The summed E-state index contributed by atoms with van der Waals surface area (Å²) in [6, 6.07) is 10.6. The van der Waals surface area contributed by atoms with Crippen LogP contribution < -0.4 is 5.73 Å². The Morgan fingerprint density at radius 2 is 2.10 bits per heavy atom. The van der Waals surface area contributed by atoms with E-state index in [0.717, 1.165) is 15.4 Å². The Bertz CT molecular complexity index is 585. The second-order valence-corrected chi connectivity index (χ2v) is 7.54. The fourth-order valence-electron chi connectivity index (χ4n) is 2.24. The van der Waals surface area contributed by atoms with Gasteiger partial charge in [-0.1, -0.05) is 39.7 Å².